The van der Waals surface area contributed by atoms with Gasteiger partial charge in [0.1, 0.15) is 0 Å². The molecule has 0 spiro atoms. The van der Waals surface area contributed by atoms with Crippen LogP contribution in [0.1, 0.15) is 24.8 Å². The van der Waals surface area contributed by atoms with E-state index in [9.17, 15) is 10.1 Å². The highest BCUT2D eigenvalue weighted by atomic mass is 16.6. The molecular formula is C15H21N3O2. The number of hydrogen-bond acceptors (Lipinski definition) is 4. The molecule has 1 aliphatic heterocycles. The Morgan fingerprint density at radius 1 is 1.40 bits per heavy atom. The third-order valence-corrected chi connectivity index (χ3v) is 4.39. The second-order valence-corrected chi connectivity index (χ2v) is 6.02. The molecule has 1 unspecified atom stereocenters. The van der Waals surface area contributed by atoms with Crippen molar-refractivity contribution in [3.05, 3.63) is 33.9 Å². The summed E-state index contributed by atoms with van der Waals surface area (Å²) in [5.41, 5.74) is 2.11. The first kappa shape index (κ1) is 13.4. The molecular weight excluding hydrogens is 254 g/mol. The molecule has 20 heavy (non-hydrogen) atoms. The Morgan fingerprint density at radius 2 is 2.20 bits per heavy atom. The summed E-state index contributed by atoms with van der Waals surface area (Å²) in [7, 11) is 0. The van der Waals surface area contributed by atoms with Crippen molar-refractivity contribution < 1.29 is 4.92 Å². The number of likely N-dealkylation sites (tertiary alicyclic amines) is 1. The Kier molecular flexibility index (Phi) is 3.61. The maximum absolute atomic E-state index is 10.8. The number of hydrogen-bond donors (Lipinski definition) is 1. The van der Waals surface area contributed by atoms with Crippen LogP contribution in [0.4, 0.5) is 11.4 Å². The lowest BCUT2D eigenvalue weighted by Gasteiger charge is -2.16. The van der Waals surface area contributed by atoms with Gasteiger partial charge in [0.15, 0.2) is 0 Å². The topological polar surface area (TPSA) is 58.4 Å². The van der Waals surface area contributed by atoms with Crippen LogP contribution in [-0.2, 0) is 0 Å². The van der Waals surface area contributed by atoms with Gasteiger partial charge in [0.25, 0.3) is 5.69 Å². The Morgan fingerprint density at radius 3 is 2.90 bits per heavy atom. The van der Waals surface area contributed by atoms with Gasteiger partial charge in [-0.1, -0.05) is 6.07 Å². The summed E-state index contributed by atoms with van der Waals surface area (Å²) < 4.78 is 0. The normalized spacial score (nSPS) is 22.9. The molecule has 1 saturated carbocycles. The van der Waals surface area contributed by atoms with Gasteiger partial charge in [-0.05, 0) is 44.2 Å². The summed E-state index contributed by atoms with van der Waals surface area (Å²) in [6, 6.07) is 5.86. The minimum atomic E-state index is -0.338. The van der Waals surface area contributed by atoms with Gasteiger partial charge in [-0.15, -0.1) is 0 Å². The molecule has 5 heteroatoms. The second-order valence-electron chi connectivity index (χ2n) is 6.02. The number of anilines is 1. The van der Waals surface area contributed by atoms with Crippen molar-refractivity contribution in [1.82, 2.24) is 4.90 Å². The molecule has 0 radical (unpaired) electrons. The monoisotopic (exact) mass is 275 g/mol. The number of nitro groups is 1. The average molecular weight is 275 g/mol. The number of aryl methyl sites for hydroxylation is 1. The molecule has 108 valence electrons. The predicted octanol–water partition coefficient (Wildman–Crippen LogP) is 2.80. The Balaban J connectivity index is 1.57. The van der Waals surface area contributed by atoms with Gasteiger partial charge in [-0.2, -0.15) is 0 Å². The van der Waals surface area contributed by atoms with Gasteiger partial charge >= 0.3 is 0 Å². The van der Waals surface area contributed by atoms with Gasteiger partial charge in [-0.25, -0.2) is 0 Å². The molecule has 2 fully saturated rings. The van der Waals surface area contributed by atoms with Crippen LogP contribution in [-0.4, -0.2) is 35.5 Å². The summed E-state index contributed by atoms with van der Waals surface area (Å²) in [5.74, 6) is 0.661. The molecule has 1 atom stereocenters. The fourth-order valence-electron chi connectivity index (χ4n) is 2.97. The van der Waals surface area contributed by atoms with Gasteiger partial charge in [-0.3, -0.25) is 10.1 Å². The van der Waals surface area contributed by atoms with Crippen molar-refractivity contribution in [2.45, 2.75) is 32.2 Å². The summed E-state index contributed by atoms with van der Waals surface area (Å²) in [6.45, 7) is 5.28. The third kappa shape index (κ3) is 2.93. The number of nitrogens with zero attached hydrogens (tertiary/aromatic N) is 2. The van der Waals surface area contributed by atoms with E-state index in [4.69, 9.17) is 0 Å². The van der Waals surface area contributed by atoms with E-state index in [0.717, 1.165) is 23.8 Å². The highest BCUT2D eigenvalue weighted by molar-refractivity contribution is 5.56. The molecule has 3 rings (SSSR count). The highest BCUT2D eigenvalue weighted by Gasteiger charge is 2.34. The van der Waals surface area contributed by atoms with Crippen molar-refractivity contribution in [2.24, 2.45) is 5.92 Å². The van der Waals surface area contributed by atoms with E-state index < -0.39 is 0 Å². The van der Waals surface area contributed by atoms with E-state index in [1.54, 1.807) is 12.1 Å². The lowest BCUT2D eigenvalue weighted by molar-refractivity contribution is -0.384. The molecule has 1 N–H and O–H groups in total. The minimum Gasteiger partial charge on any atom is -0.384 e. The standard InChI is InChI=1S/C15H21N3O2/c1-11-2-3-14(18(19)20)8-15(11)16-9-12-6-7-17(10-12)13-4-5-13/h2-3,8,12-13,16H,4-7,9-10H2,1H3. The third-order valence-electron chi connectivity index (χ3n) is 4.39. The summed E-state index contributed by atoms with van der Waals surface area (Å²) in [5, 5.41) is 14.2. The Labute approximate surface area is 119 Å². The quantitative estimate of drug-likeness (QED) is 0.663. The molecule has 0 aromatic heterocycles. The number of benzene rings is 1. The molecule has 1 saturated heterocycles. The van der Waals surface area contributed by atoms with E-state index in [1.807, 2.05) is 13.0 Å². The number of non-ortho nitro benzene ring substituents is 1. The van der Waals surface area contributed by atoms with Crippen LogP contribution in [0, 0.1) is 23.0 Å². The first-order valence-electron chi connectivity index (χ1n) is 7.36. The van der Waals surface area contributed by atoms with Crippen LogP contribution in [0.3, 0.4) is 0 Å². The highest BCUT2D eigenvalue weighted by Crippen LogP contribution is 2.32. The number of nitro benzene ring substituents is 1. The molecule has 0 bridgehead atoms. The lowest BCUT2D eigenvalue weighted by Crippen LogP contribution is -2.24. The molecule has 2 aliphatic rings. The van der Waals surface area contributed by atoms with E-state index in [0.29, 0.717) is 5.92 Å². The van der Waals surface area contributed by atoms with Crippen molar-refractivity contribution >= 4 is 11.4 Å². The van der Waals surface area contributed by atoms with Crippen LogP contribution in [0.15, 0.2) is 18.2 Å². The Bertz CT molecular complexity index is 514. The van der Waals surface area contributed by atoms with Crippen LogP contribution < -0.4 is 5.32 Å². The molecule has 1 heterocycles. The van der Waals surface area contributed by atoms with Crippen LogP contribution in [0.25, 0.3) is 0 Å². The first-order valence-corrected chi connectivity index (χ1v) is 7.36. The summed E-state index contributed by atoms with van der Waals surface area (Å²) >= 11 is 0. The minimum absolute atomic E-state index is 0.157. The van der Waals surface area contributed by atoms with Crippen molar-refractivity contribution in [1.29, 1.82) is 0 Å². The second kappa shape index (κ2) is 5.40. The first-order chi connectivity index (χ1) is 9.63. The smallest absolute Gasteiger partial charge is 0.271 e. The van der Waals surface area contributed by atoms with Crippen LogP contribution in [0.5, 0.6) is 0 Å². The van der Waals surface area contributed by atoms with Gasteiger partial charge < -0.3 is 10.2 Å². The van der Waals surface area contributed by atoms with E-state index in [1.165, 1.54) is 32.4 Å². The zero-order valence-electron chi connectivity index (χ0n) is 11.8. The maximum atomic E-state index is 10.8. The zero-order chi connectivity index (χ0) is 14.1. The number of nitrogens with one attached hydrogen (secondary N) is 1. The Hall–Kier alpha value is -1.62. The fourth-order valence-corrected chi connectivity index (χ4v) is 2.97. The molecule has 5 nitrogen and oxygen atoms in total. The van der Waals surface area contributed by atoms with E-state index in [2.05, 4.69) is 10.2 Å². The summed E-state index contributed by atoms with van der Waals surface area (Å²) in [4.78, 5) is 13.1. The van der Waals surface area contributed by atoms with Crippen molar-refractivity contribution in [3.8, 4) is 0 Å². The van der Waals surface area contributed by atoms with Gasteiger partial charge in [0.05, 0.1) is 4.92 Å². The van der Waals surface area contributed by atoms with Crippen LogP contribution in [0.2, 0.25) is 0 Å². The van der Waals surface area contributed by atoms with Gasteiger partial charge in [0.2, 0.25) is 0 Å². The molecule has 1 aliphatic carbocycles. The van der Waals surface area contributed by atoms with E-state index in [-0.39, 0.29) is 10.6 Å². The molecule has 1 aromatic carbocycles. The van der Waals surface area contributed by atoms with Gasteiger partial charge in [0, 0.05) is 37.0 Å². The lowest BCUT2D eigenvalue weighted by atomic mass is 10.1. The largest absolute Gasteiger partial charge is 0.384 e. The molecule has 1 aromatic rings. The summed E-state index contributed by atoms with van der Waals surface area (Å²) in [6.07, 6.45) is 3.96. The molecule has 0 amide bonds. The fraction of sp³-hybridized carbons (Fsp3) is 0.600. The number of rotatable bonds is 5. The van der Waals surface area contributed by atoms with E-state index >= 15 is 0 Å². The van der Waals surface area contributed by atoms with Crippen molar-refractivity contribution in [2.75, 3.05) is 25.0 Å². The van der Waals surface area contributed by atoms with Crippen molar-refractivity contribution in [3.63, 3.8) is 0 Å². The average Bonchev–Trinajstić information content (AvgIpc) is 3.17. The predicted molar refractivity (Wildman–Crippen MR) is 79.0 cm³/mol. The zero-order valence-corrected chi connectivity index (χ0v) is 11.8. The van der Waals surface area contributed by atoms with Crippen LogP contribution >= 0.6 is 0 Å². The SMILES string of the molecule is Cc1ccc([N+](=O)[O-])cc1NCC1CCN(C2CC2)C1. The maximum Gasteiger partial charge on any atom is 0.271 e.